The summed E-state index contributed by atoms with van der Waals surface area (Å²) in [4.78, 5) is 23.8. The van der Waals surface area contributed by atoms with Crippen LogP contribution in [0.3, 0.4) is 0 Å². The smallest absolute Gasteiger partial charge is 0.253 e. The van der Waals surface area contributed by atoms with E-state index in [9.17, 15) is 9.18 Å². The fourth-order valence-electron chi connectivity index (χ4n) is 3.54. The molecule has 6 heteroatoms. The first-order valence-electron chi connectivity index (χ1n) is 9.24. The number of aromatic nitrogens is 2. The van der Waals surface area contributed by atoms with Gasteiger partial charge in [0.25, 0.3) is 5.91 Å². The van der Waals surface area contributed by atoms with Crippen molar-refractivity contribution in [3.05, 3.63) is 82.9 Å². The average Bonchev–Trinajstić information content (AvgIpc) is 2.76. The molecule has 0 unspecified atom stereocenters. The number of likely N-dealkylation sites (tertiary alicyclic amines) is 1. The van der Waals surface area contributed by atoms with E-state index in [0.29, 0.717) is 24.5 Å². The van der Waals surface area contributed by atoms with E-state index in [4.69, 9.17) is 16.6 Å². The number of carbonyl (C=O) groups is 1. The van der Waals surface area contributed by atoms with Gasteiger partial charge < -0.3 is 4.90 Å². The molecule has 2 aromatic carbocycles. The summed E-state index contributed by atoms with van der Waals surface area (Å²) < 4.78 is 13.4. The number of amides is 1. The molecule has 1 saturated heterocycles. The van der Waals surface area contributed by atoms with Gasteiger partial charge in [0.2, 0.25) is 0 Å². The monoisotopic (exact) mass is 395 g/mol. The van der Waals surface area contributed by atoms with Crippen molar-refractivity contribution in [3.8, 4) is 11.4 Å². The molecule has 4 nitrogen and oxygen atoms in total. The SMILES string of the molecule is O=C(c1ccc(F)c(Cl)c1)N1CCC[C@H](c2ccnc(-c3ccccc3)n2)C1. The first-order valence-corrected chi connectivity index (χ1v) is 9.62. The van der Waals surface area contributed by atoms with Crippen molar-refractivity contribution in [1.29, 1.82) is 0 Å². The fraction of sp³-hybridized carbons (Fsp3) is 0.227. The second-order valence-corrected chi connectivity index (χ2v) is 7.30. The van der Waals surface area contributed by atoms with Crippen LogP contribution in [0.4, 0.5) is 4.39 Å². The molecule has 0 bridgehead atoms. The average molecular weight is 396 g/mol. The summed E-state index contributed by atoms with van der Waals surface area (Å²) in [6.45, 7) is 1.24. The fourth-order valence-corrected chi connectivity index (χ4v) is 3.72. The Bertz CT molecular complexity index is 996. The van der Waals surface area contributed by atoms with Crippen LogP contribution in [0.1, 0.15) is 34.8 Å². The summed E-state index contributed by atoms with van der Waals surface area (Å²) >= 11 is 5.83. The molecule has 1 atom stereocenters. The molecule has 28 heavy (non-hydrogen) atoms. The van der Waals surface area contributed by atoms with Gasteiger partial charge in [0.1, 0.15) is 5.82 Å². The minimum Gasteiger partial charge on any atom is -0.338 e. The highest BCUT2D eigenvalue weighted by molar-refractivity contribution is 6.31. The van der Waals surface area contributed by atoms with Crippen LogP contribution < -0.4 is 0 Å². The van der Waals surface area contributed by atoms with Gasteiger partial charge in [-0.2, -0.15) is 0 Å². The Morgan fingerprint density at radius 3 is 2.75 bits per heavy atom. The zero-order valence-corrected chi connectivity index (χ0v) is 15.9. The summed E-state index contributed by atoms with van der Waals surface area (Å²) in [5.74, 6) is 0.166. The van der Waals surface area contributed by atoms with Gasteiger partial charge in [-0.3, -0.25) is 4.79 Å². The molecule has 0 radical (unpaired) electrons. The third kappa shape index (κ3) is 3.90. The van der Waals surface area contributed by atoms with E-state index in [1.165, 1.54) is 18.2 Å². The summed E-state index contributed by atoms with van der Waals surface area (Å²) in [7, 11) is 0. The van der Waals surface area contributed by atoms with E-state index in [-0.39, 0.29) is 16.8 Å². The Labute approximate surface area is 168 Å². The highest BCUT2D eigenvalue weighted by atomic mass is 35.5. The van der Waals surface area contributed by atoms with Crippen molar-refractivity contribution >= 4 is 17.5 Å². The zero-order chi connectivity index (χ0) is 19.5. The van der Waals surface area contributed by atoms with Crippen LogP contribution in [0.25, 0.3) is 11.4 Å². The lowest BCUT2D eigenvalue weighted by Gasteiger charge is -2.32. The predicted molar refractivity (Wildman–Crippen MR) is 107 cm³/mol. The van der Waals surface area contributed by atoms with E-state index in [0.717, 1.165) is 24.1 Å². The van der Waals surface area contributed by atoms with Crippen molar-refractivity contribution in [2.75, 3.05) is 13.1 Å². The summed E-state index contributed by atoms with van der Waals surface area (Å²) in [5, 5.41) is -0.0392. The Morgan fingerprint density at radius 2 is 1.96 bits per heavy atom. The first-order chi connectivity index (χ1) is 13.6. The number of piperidine rings is 1. The standard InChI is InChI=1S/C22H19ClFN3O/c23-18-13-16(8-9-19(18)24)22(28)27-12-4-7-17(14-27)20-10-11-25-21(26-20)15-5-2-1-3-6-15/h1-3,5-6,8-11,13,17H,4,7,12,14H2/t17-/m0/s1. The van der Waals surface area contributed by atoms with Gasteiger partial charge in [-0.1, -0.05) is 41.9 Å². The second kappa shape index (κ2) is 8.07. The van der Waals surface area contributed by atoms with Gasteiger partial charge in [-0.15, -0.1) is 0 Å². The quantitative estimate of drug-likeness (QED) is 0.630. The Balaban J connectivity index is 1.54. The van der Waals surface area contributed by atoms with Gasteiger partial charge in [0.15, 0.2) is 5.82 Å². The largest absolute Gasteiger partial charge is 0.338 e. The van der Waals surface area contributed by atoms with E-state index in [1.807, 2.05) is 36.4 Å². The molecule has 1 amide bonds. The number of carbonyl (C=O) groups excluding carboxylic acids is 1. The topological polar surface area (TPSA) is 46.1 Å². The molecule has 1 aliphatic rings. The molecule has 1 aliphatic heterocycles. The van der Waals surface area contributed by atoms with E-state index in [2.05, 4.69) is 4.98 Å². The lowest BCUT2D eigenvalue weighted by Crippen LogP contribution is -2.39. The molecule has 1 aromatic heterocycles. The molecular formula is C22H19ClFN3O. The molecule has 1 fully saturated rings. The van der Waals surface area contributed by atoms with Crippen LogP contribution in [-0.2, 0) is 0 Å². The molecule has 4 rings (SSSR count). The third-order valence-electron chi connectivity index (χ3n) is 5.00. The van der Waals surface area contributed by atoms with Crippen molar-refractivity contribution in [3.63, 3.8) is 0 Å². The van der Waals surface area contributed by atoms with Crippen molar-refractivity contribution in [2.24, 2.45) is 0 Å². The first kappa shape index (κ1) is 18.6. The van der Waals surface area contributed by atoms with Crippen LogP contribution in [0, 0.1) is 5.82 Å². The lowest BCUT2D eigenvalue weighted by molar-refractivity contribution is 0.0706. The van der Waals surface area contributed by atoms with Gasteiger partial charge in [0, 0.05) is 42.0 Å². The Kier molecular flexibility index (Phi) is 5.35. The zero-order valence-electron chi connectivity index (χ0n) is 15.2. The summed E-state index contributed by atoms with van der Waals surface area (Å²) in [5.41, 5.74) is 2.30. The summed E-state index contributed by atoms with van der Waals surface area (Å²) in [6.07, 6.45) is 3.61. The molecular weight excluding hydrogens is 377 g/mol. The lowest BCUT2D eigenvalue weighted by atomic mass is 9.94. The maximum atomic E-state index is 13.4. The molecule has 0 spiro atoms. The number of rotatable bonds is 3. The molecule has 2 heterocycles. The van der Waals surface area contributed by atoms with Crippen LogP contribution in [-0.4, -0.2) is 33.9 Å². The minimum atomic E-state index is -0.524. The predicted octanol–water partition coefficient (Wildman–Crippen LogP) is 4.96. The highest BCUT2D eigenvalue weighted by Gasteiger charge is 2.27. The molecule has 0 N–H and O–H groups in total. The molecule has 142 valence electrons. The van der Waals surface area contributed by atoms with Crippen LogP contribution in [0.15, 0.2) is 60.8 Å². The van der Waals surface area contributed by atoms with E-state index < -0.39 is 5.82 Å². The number of hydrogen-bond acceptors (Lipinski definition) is 3. The van der Waals surface area contributed by atoms with Gasteiger partial charge >= 0.3 is 0 Å². The third-order valence-corrected chi connectivity index (χ3v) is 5.29. The molecule has 0 aliphatic carbocycles. The Hall–Kier alpha value is -2.79. The maximum Gasteiger partial charge on any atom is 0.253 e. The number of benzene rings is 2. The molecule has 0 saturated carbocycles. The highest BCUT2D eigenvalue weighted by Crippen LogP contribution is 2.28. The Morgan fingerprint density at radius 1 is 1.14 bits per heavy atom. The number of halogens is 2. The van der Waals surface area contributed by atoms with Crippen LogP contribution in [0.5, 0.6) is 0 Å². The summed E-state index contributed by atoms with van der Waals surface area (Å²) in [6, 6.07) is 15.8. The van der Waals surface area contributed by atoms with Crippen molar-refractivity contribution < 1.29 is 9.18 Å². The second-order valence-electron chi connectivity index (χ2n) is 6.89. The van der Waals surface area contributed by atoms with Crippen LogP contribution >= 0.6 is 11.6 Å². The maximum absolute atomic E-state index is 13.4. The normalized spacial score (nSPS) is 16.8. The van der Waals surface area contributed by atoms with Crippen LogP contribution in [0.2, 0.25) is 5.02 Å². The van der Waals surface area contributed by atoms with E-state index in [1.54, 1.807) is 11.1 Å². The number of hydrogen-bond donors (Lipinski definition) is 0. The van der Waals surface area contributed by atoms with Gasteiger partial charge in [-0.25, -0.2) is 14.4 Å². The van der Waals surface area contributed by atoms with Gasteiger partial charge in [-0.05, 0) is 37.1 Å². The van der Waals surface area contributed by atoms with Crippen molar-refractivity contribution in [1.82, 2.24) is 14.9 Å². The van der Waals surface area contributed by atoms with Gasteiger partial charge in [0.05, 0.1) is 5.02 Å². The minimum absolute atomic E-state index is 0.0392. The number of nitrogens with zero attached hydrogens (tertiary/aromatic N) is 3. The molecule has 3 aromatic rings. The van der Waals surface area contributed by atoms with E-state index >= 15 is 0 Å². The van der Waals surface area contributed by atoms with Crippen molar-refractivity contribution in [2.45, 2.75) is 18.8 Å².